The molecule has 0 unspecified atom stereocenters. The number of benzene rings is 1. The zero-order valence-corrected chi connectivity index (χ0v) is 14.4. The molecular weight excluding hydrogens is 352 g/mol. The lowest BCUT2D eigenvalue weighted by atomic mass is 10.1. The van der Waals surface area contributed by atoms with Crippen LogP contribution in [0.1, 0.15) is 32.0 Å². The average Bonchev–Trinajstić information content (AvgIpc) is 3.14. The molecule has 0 aliphatic carbocycles. The van der Waals surface area contributed by atoms with Crippen LogP contribution in [0.5, 0.6) is 0 Å². The molecule has 1 aliphatic heterocycles. The smallest absolute Gasteiger partial charge is 0.277 e. The third-order valence-electron chi connectivity index (χ3n) is 4.40. The van der Waals surface area contributed by atoms with E-state index >= 15 is 0 Å². The van der Waals surface area contributed by atoms with Crippen molar-refractivity contribution in [2.75, 3.05) is 11.9 Å². The normalized spacial score (nSPS) is 13.3. The van der Waals surface area contributed by atoms with Gasteiger partial charge in [0.15, 0.2) is 0 Å². The summed E-state index contributed by atoms with van der Waals surface area (Å²) in [5, 5.41) is 5.08. The number of nitrogens with zero attached hydrogens (tertiary/aromatic N) is 4. The molecule has 2 aromatic heterocycles. The number of carbonyl (C=O) groups is 3. The number of aryl methyl sites for hydroxylation is 1. The van der Waals surface area contributed by atoms with Gasteiger partial charge in [-0.3, -0.25) is 34.5 Å². The first kappa shape index (κ1) is 16.6. The Balaban J connectivity index is 1.55. The number of nitrogens with one attached hydrogen (secondary N) is 2. The molecule has 0 saturated carbocycles. The SMILES string of the molecule is Cc1nc2nc(NC(=O)CN3C(=O)c4ccccc4C3=O)[nH]n2c(=O)c1C. The van der Waals surface area contributed by atoms with Crippen molar-refractivity contribution in [3.05, 3.63) is 57.0 Å². The predicted molar refractivity (Wildman–Crippen MR) is 93.5 cm³/mol. The molecule has 1 aromatic carbocycles. The second kappa shape index (κ2) is 5.87. The van der Waals surface area contributed by atoms with Crippen molar-refractivity contribution in [3.63, 3.8) is 0 Å². The van der Waals surface area contributed by atoms with E-state index in [9.17, 15) is 19.2 Å². The Bertz CT molecular complexity index is 1160. The predicted octanol–water partition coefficient (Wildman–Crippen LogP) is 0.269. The van der Waals surface area contributed by atoms with Crippen LogP contribution in [-0.4, -0.2) is 48.7 Å². The molecule has 0 atom stereocenters. The number of aromatic amines is 1. The molecule has 0 saturated heterocycles. The second-order valence-electron chi connectivity index (χ2n) is 6.13. The highest BCUT2D eigenvalue weighted by Crippen LogP contribution is 2.22. The molecule has 3 aromatic rings. The summed E-state index contributed by atoms with van der Waals surface area (Å²) < 4.78 is 1.11. The summed E-state index contributed by atoms with van der Waals surface area (Å²) in [7, 11) is 0. The number of carbonyl (C=O) groups excluding carboxylic acids is 3. The number of hydrogen-bond donors (Lipinski definition) is 2. The minimum atomic E-state index is -0.634. The minimum absolute atomic E-state index is 0.00814. The Morgan fingerprint density at radius 2 is 1.70 bits per heavy atom. The van der Waals surface area contributed by atoms with Crippen molar-refractivity contribution in [1.82, 2.24) is 24.5 Å². The van der Waals surface area contributed by atoms with Gasteiger partial charge in [0.05, 0.1) is 11.1 Å². The third kappa shape index (κ3) is 2.58. The fourth-order valence-electron chi connectivity index (χ4n) is 2.86. The van der Waals surface area contributed by atoms with E-state index in [1.165, 1.54) is 12.1 Å². The maximum atomic E-state index is 12.3. The lowest BCUT2D eigenvalue weighted by Gasteiger charge is -2.12. The van der Waals surface area contributed by atoms with Crippen LogP contribution in [0.3, 0.4) is 0 Å². The monoisotopic (exact) mass is 366 g/mol. The molecule has 3 heterocycles. The first-order chi connectivity index (χ1) is 12.9. The summed E-state index contributed by atoms with van der Waals surface area (Å²) in [4.78, 5) is 58.1. The van der Waals surface area contributed by atoms with Crippen LogP contribution < -0.4 is 10.9 Å². The molecule has 2 N–H and O–H groups in total. The van der Waals surface area contributed by atoms with E-state index in [1.54, 1.807) is 26.0 Å². The Kier molecular flexibility index (Phi) is 3.62. The molecule has 136 valence electrons. The van der Waals surface area contributed by atoms with Crippen LogP contribution in [0.15, 0.2) is 29.1 Å². The van der Waals surface area contributed by atoms with E-state index in [-0.39, 0.29) is 28.4 Å². The van der Waals surface area contributed by atoms with Crippen molar-refractivity contribution in [3.8, 4) is 0 Å². The van der Waals surface area contributed by atoms with Gasteiger partial charge in [0.1, 0.15) is 6.54 Å². The van der Waals surface area contributed by atoms with Gasteiger partial charge in [-0.15, -0.1) is 0 Å². The first-order valence-corrected chi connectivity index (χ1v) is 8.08. The van der Waals surface area contributed by atoms with Crippen molar-refractivity contribution in [2.24, 2.45) is 0 Å². The summed E-state index contributed by atoms with van der Waals surface area (Å²) in [5.74, 6) is -1.59. The highest BCUT2D eigenvalue weighted by Gasteiger charge is 2.36. The highest BCUT2D eigenvalue weighted by molar-refractivity contribution is 6.22. The number of amides is 3. The molecule has 4 rings (SSSR count). The highest BCUT2D eigenvalue weighted by atomic mass is 16.2. The van der Waals surface area contributed by atoms with Gasteiger partial charge in [-0.05, 0) is 26.0 Å². The van der Waals surface area contributed by atoms with E-state index in [0.29, 0.717) is 11.3 Å². The lowest BCUT2D eigenvalue weighted by molar-refractivity contribution is -0.116. The van der Waals surface area contributed by atoms with Gasteiger partial charge >= 0.3 is 0 Å². The second-order valence-corrected chi connectivity index (χ2v) is 6.13. The number of anilines is 1. The van der Waals surface area contributed by atoms with Crippen LogP contribution in [0.4, 0.5) is 5.95 Å². The average molecular weight is 366 g/mol. The number of rotatable bonds is 3. The summed E-state index contributed by atoms with van der Waals surface area (Å²) >= 11 is 0. The summed E-state index contributed by atoms with van der Waals surface area (Å²) in [6, 6.07) is 6.37. The standard InChI is InChI=1S/C17H14N6O4/c1-8-9(2)18-17-20-16(21-23(17)13(8)25)19-12(24)7-22-14(26)10-5-3-4-6-11(10)15(22)27/h3-6H,7H2,1-2H3,(H2,18,19,20,21,24). The van der Waals surface area contributed by atoms with E-state index < -0.39 is 24.3 Å². The Hall–Kier alpha value is -3.82. The molecule has 10 heteroatoms. The van der Waals surface area contributed by atoms with Gasteiger partial charge in [-0.1, -0.05) is 12.1 Å². The summed E-state index contributed by atoms with van der Waals surface area (Å²) in [6.45, 7) is 2.86. The number of fused-ring (bicyclic) bond motifs is 2. The maximum absolute atomic E-state index is 12.3. The molecule has 0 spiro atoms. The zero-order valence-electron chi connectivity index (χ0n) is 14.4. The van der Waals surface area contributed by atoms with Crippen LogP contribution in [0, 0.1) is 13.8 Å². The van der Waals surface area contributed by atoms with Crippen LogP contribution in [-0.2, 0) is 4.79 Å². The lowest BCUT2D eigenvalue weighted by Crippen LogP contribution is -2.37. The van der Waals surface area contributed by atoms with E-state index in [2.05, 4.69) is 20.4 Å². The first-order valence-electron chi connectivity index (χ1n) is 8.08. The van der Waals surface area contributed by atoms with Gasteiger partial charge in [-0.2, -0.15) is 9.50 Å². The van der Waals surface area contributed by atoms with E-state index in [0.717, 1.165) is 9.42 Å². The van der Waals surface area contributed by atoms with Crippen molar-refractivity contribution < 1.29 is 14.4 Å². The number of hydrogen-bond acceptors (Lipinski definition) is 6. The van der Waals surface area contributed by atoms with Gasteiger partial charge in [0, 0.05) is 11.3 Å². The third-order valence-corrected chi connectivity index (χ3v) is 4.40. The molecule has 1 aliphatic rings. The topological polar surface area (TPSA) is 130 Å². The summed E-state index contributed by atoms with van der Waals surface area (Å²) in [6.07, 6.45) is 0. The fourth-order valence-corrected chi connectivity index (χ4v) is 2.86. The van der Waals surface area contributed by atoms with Crippen LogP contribution >= 0.6 is 0 Å². The molecule has 10 nitrogen and oxygen atoms in total. The molecule has 0 radical (unpaired) electrons. The Labute approximate surface area is 151 Å². The van der Waals surface area contributed by atoms with Gasteiger partial charge in [0.2, 0.25) is 11.9 Å². The van der Waals surface area contributed by atoms with E-state index in [1.807, 2.05) is 0 Å². The van der Waals surface area contributed by atoms with Gasteiger partial charge in [-0.25, -0.2) is 4.98 Å². The van der Waals surface area contributed by atoms with Crippen molar-refractivity contribution in [1.29, 1.82) is 0 Å². The van der Waals surface area contributed by atoms with Crippen LogP contribution in [0.2, 0.25) is 0 Å². The zero-order chi connectivity index (χ0) is 19.3. The largest absolute Gasteiger partial charge is 0.293 e. The molecule has 27 heavy (non-hydrogen) atoms. The number of imide groups is 1. The fraction of sp³-hybridized carbons (Fsp3) is 0.176. The molecular formula is C17H14N6O4. The summed E-state index contributed by atoms with van der Waals surface area (Å²) in [5.41, 5.74) is 1.20. The van der Waals surface area contributed by atoms with E-state index in [4.69, 9.17) is 0 Å². The quantitative estimate of drug-likeness (QED) is 0.640. The Morgan fingerprint density at radius 1 is 1.07 bits per heavy atom. The van der Waals surface area contributed by atoms with Crippen molar-refractivity contribution in [2.45, 2.75) is 13.8 Å². The Morgan fingerprint density at radius 3 is 2.33 bits per heavy atom. The molecule has 3 amide bonds. The maximum Gasteiger partial charge on any atom is 0.277 e. The number of aromatic nitrogens is 4. The van der Waals surface area contributed by atoms with Crippen LogP contribution in [0.25, 0.3) is 5.78 Å². The molecule has 0 fully saturated rings. The minimum Gasteiger partial charge on any atom is -0.293 e. The van der Waals surface area contributed by atoms with Gasteiger partial charge < -0.3 is 0 Å². The van der Waals surface area contributed by atoms with Crippen molar-refractivity contribution >= 4 is 29.4 Å². The molecule has 0 bridgehead atoms. The van der Waals surface area contributed by atoms with Gasteiger partial charge in [0.25, 0.3) is 23.2 Å². The number of H-pyrrole nitrogens is 1.